The van der Waals surface area contributed by atoms with Crippen LogP contribution in [0.4, 0.5) is 0 Å². The van der Waals surface area contributed by atoms with Gasteiger partial charge in [0.05, 0.1) is 6.61 Å². The van der Waals surface area contributed by atoms with Gasteiger partial charge in [-0.2, -0.15) is 0 Å². The van der Waals surface area contributed by atoms with Crippen LogP contribution in [0.5, 0.6) is 0 Å². The van der Waals surface area contributed by atoms with Crippen molar-refractivity contribution in [2.24, 2.45) is 11.1 Å². The SMILES string of the molecule is COCC1(C)CCN(C(N)=S)C1. The lowest BCUT2D eigenvalue weighted by atomic mass is 9.91. The number of nitrogens with two attached hydrogens (primary N) is 1. The van der Waals surface area contributed by atoms with E-state index in [2.05, 4.69) is 6.92 Å². The molecule has 1 rings (SSSR count). The van der Waals surface area contributed by atoms with Crippen LogP contribution in [0.3, 0.4) is 0 Å². The van der Waals surface area contributed by atoms with Crippen LogP contribution < -0.4 is 5.73 Å². The number of rotatable bonds is 2. The van der Waals surface area contributed by atoms with E-state index >= 15 is 0 Å². The van der Waals surface area contributed by atoms with Crippen LogP contribution in [0.2, 0.25) is 0 Å². The predicted octanol–water partition coefficient (Wildman–Crippen LogP) is 0.588. The normalized spacial score (nSPS) is 29.3. The van der Waals surface area contributed by atoms with Crippen molar-refractivity contribution in [2.45, 2.75) is 13.3 Å². The molecule has 2 N–H and O–H groups in total. The molecule has 3 nitrogen and oxygen atoms in total. The van der Waals surface area contributed by atoms with E-state index in [1.807, 2.05) is 4.90 Å². The maximum absolute atomic E-state index is 5.53. The minimum atomic E-state index is 0.234. The fourth-order valence-electron chi connectivity index (χ4n) is 1.68. The Morgan fingerprint density at radius 3 is 2.83 bits per heavy atom. The summed E-state index contributed by atoms with van der Waals surface area (Å²) in [6.07, 6.45) is 1.11. The molecule has 0 aliphatic carbocycles. The van der Waals surface area contributed by atoms with E-state index in [1.54, 1.807) is 7.11 Å². The first kappa shape index (κ1) is 9.74. The number of hydrogen-bond donors (Lipinski definition) is 1. The summed E-state index contributed by atoms with van der Waals surface area (Å²) >= 11 is 4.90. The van der Waals surface area contributed by atoms with Crippen LogP contribution in [0.15, 0.2) is 0 Å². The zero-order chi connectivity index (χ0) is 9.19. The zero-order valence-corrected chi connectivity index (χ0v) is 8.49. The van der Waals surface area contributed by atoms with Gasteiger partial charge in [-0.15, -0.1) is 0 Å². The summed E-state index contributed by atoms with van der Waals surface area (Å²) in [5.41, 5.74) is 5.77. The van der Waals surface area contributed by atoms with Crippen LogP contribution in [0.1, 0.15) is 13.3 Å². The van der Waals surface area contributed by atoms with Gasteiger partial charge in [0.2, 0.25) is 0 Å². The van der Waals surface area contributed by atoms with E-state index in [0.29, 0.717) is 5.11 Å². The summed E-state index contributed by atoms with van der Waals surface area (Å²) in [4.78, 5) is 2.04. The summed E-state index contributed by atoms with van der Waals surface area (Å²) in [6.45, 7) is 4.88. The highest BCUT2D eigenvalue weighted by Crippen LogP contribution is 2.29. The molecule has 0 spiro atoms. The first-order valence-electron chi connectivity index (χ1n) is 4.11. The molecule has 70 valence electrons. The quantitative estimate of drug-likeness (QED) is 0.644. The number of methoxy groups -OCH3 is 1. The third kappa shape index (κ3) is 2.08. The monoisotopic (exact) mass is 188 g/mol. The second kappa shape index (κ2) is 3.58. The summed E-state index contributed by atoms with van der Waals surface area (Å²) in [6, 6.07) is 0. The van der Waals surface area contributed by atoms with Gasteiger partial charge in [0.25, 0.3) is 0 Å². The molecule has 1 unspecified atom stereocenters. The van der Waals surface area contributed by atoms with Crippen LogP contribution in [0.25, 0.3) is 0 Å². The van der Waals surface area contributed by atoms with E-state index in [9.17, 15) is 0 Å². The summed E-state index contributed by atoms with van der Waals surface area (Å²) in [5, 5.41) is 0.509. The van der Waals surface area contributed by atoms with E-state index < -0.39 is 0 Å². The molecule has 0 bridgehead atoms. The van der Waals surface area contributed by atoms with Gasteiger partial charge in [-0.25, -0.2) is 0 Å². The lowest BCUT2D eigenvalue weighted by Gasteiger charge is -2.23. The van der Waals surface area contributed by atoms with Gasteiger partial charge in [0.15, 0.2) is 5.11 Å². The minimum Gasteiger partial charge on any atom is -0.384 e. The third-order valence-electron chi connectivity index (χ3n) is 2.36. The zero-order valence-electron chi connectivity index (χ0n) is 7.67. The molecule has 1 aliphatic heterocycles. The molecular weight excluding hydrogens is 172 g/mol. The van der Waals surface area contributed by atoms with Crippen molar-refractivity contribution in [1.82, 2.24) is 4.90 Å². The van der Waals surface area contributed by atoms with Gasteiger partial charge in [-0.3, -0.25) is 0 Å². The van der Waals surface area contributed by atoms with Crippen molar-refractivity contribution >= 4 is 17.3 Å². The average Bonchev–Trinajstić information content (AvgIpc) is 2.33. The summed E-state index contributed by atoms with van der Waals surface area (Å²) in [5.74, 6) is 0. The van der Waals surface area contributed by atoms with E-state index in [0.717, 1.165) is 26.1 Å². The Bertz CT molecular complexity index is 186. The number of nitrogens with zero attached hydrogens (tertiary/aromatic N) is 1. The van der Waals surface area contributed by atoms with Gasteiger partial charge in [-0.1, -0.05) is 6.92 Å². The highest BCUT2D eigenvalue weighted by atomic mass is 32.1. The van der Waals surface area contributed by atoms with Crippen LogP contribution >= 0.6 is 12.2 Å². The van der Waals surface area contributed by atoms with E-state index in [4.69, 9.17) is 22.7 Å². The second-order valence-electron chi connectivity index (χ2n) is 3.75. The molecule has 0 aromatic carbocycles. The number of hydrogen-bond acceptors (Lipinski definition) is 2. The number of likely N-dealkylation sites (tertiary alicyclic amines) is 1. The van der Waals surface area contributed by atoms with Crippen molar-refractivity contribution in [3.8, 4) is 0 Å². The highest BCUT2D eigenvalue weighted by Gasteiger charge is 2.34. The van der Waals surface area contributed by atoms with Crippen LogP contribution in [-0.2, 0) is 4.74 Å². The van der Waals surface area contributed by atoms with Gasteiger partial charge in [0, 0.05) is 25.6 Å². The van der Waals surface area contributed by atoms with E-state index in [1.165, 1.54) is 0 Å². The average molecular weight is 188 g/mol. The standard InChI is InChI=1S/C8H16N2OS/c1-8(6-11-2)3-4-10(5-8)7(9)12/h3-6H2,1-2H3,(H2,9,12). The van der Waals surface area contributed by atoms with Crippen LogP contribution in [0, 0.1) is 5.41 Å². The Morgan fingerprint density at radius 2 is 2.42 bits per heavy atom. The molecule has 1 aliphatic rings. The van der Waals surface area contributed by atoms with Crippen molar-refractivity contribution < 1.29 is 4.74 Å². The molecule has 0 amide bonds. The molecule has 0 aromatic heterocycles. The molecular formula is C8H16N2OS. The fraction of sp³-hybridized carbons (Fsp3) is 0.875. The molecule has 1 heterocycles. The molecule has 1 saturated heterocycles. The first-order valence-corrected chi connectivity index (χ1v) is 4.51. The lowest BCUT2D eigenvalue weighted by Crippen LogP contribution is -2.36. The van der Waals surface area contributed by atoms with Gasteiger partial charge in [-0.05, 0) is 18.6 Å². The first-order chi connectivity index (χ1) is 5.57. The van der Waals surface area contributed by atoms with Crippen molar-refractivity contribution in [3.63, 3.8) is 0 Å². The van der Waals surface area contributed by atoms with E-state index in [-0.39, 0.29) is 5.41 Å². The van der Waals surface area contributed by atoms with Gasteiger partial charge < -0.3 is 15.4 Å². The van der Waals surface area contributed by atoms with Gasteiger partial charge >= 0.3 is 0 Å². The molecule has 1 atom stereocenters. The van der Waals surface area contributed by atoms with Crippen molar-refractivity contribution in [2.75, 3.05) is 26.8 Å². The number of ether oxygens (including phenoxy) is 1. The summed E-state index contributed by atoms with van der Waals surface area (Å²) in [7, 11) is 1.73. The summed E-state index contributed by atoms with van der Waals surface area (Å²) < 4.78 is 5.15. The predicted molar refractivity (Wildman–Crippen MR) is 53.0 cm³/mol. The molecule has 12 heavy (non-hydrogen) atoms. The minimum absolute atomic E-state index is 0.234. The molecule has 0 radical (unpaired) electrons. The third-order valence-corrected chi connectivity index (χ3v) is 2.62. The fourth-order valence-corrected chi connectivity index (χ4v) is 1.83. The Balaban J connectivity index is 2.48. The van der Waals surface area contributed by atoms with Crippen molar-refractivity contribution in [1.29, 1.82) is 0 Å². The van der Waals surface area contributed by atoms with Gasteiger partial charge in [0.1, 0.15) is 0 Å². The molecule has 4 heteroatoms. The molecule has 0 aromatic rings. The Morgan fingerprint density at radius 1 is 1.75 bits per heavy atom. The van der Waals surface area contributed by atoms with Crippen LogP contribution in [-0.4, -0.2) is 36.8 Å². The second-order valence-corrected chi connectivity index (χ2v) is 4.17. The Labute approximate surface area is 78.9 Å². The lowest BCUT2D eigenvalue weighted by molar-refractivity contribution is 0.101. The largest absolute Gasteiger partial charge is 0.384 e. The topological polar surface area (TPSA) is 38.5 Å². The maximum Gasteiger partial charge on any atom is 0.166 e. The molecule has 0 saturated carbocycles. The smallest absolute Gasteiger partial charge is 0.166 e. The Kier molecular flexibility index (Phi) is 2.90. The maximum atomic E-state index is 5.53. The van der Waals surface area contributed by atoms with Crippen molar-refractivity contribution in [3.05, 3.63) is 0 Å². The Hall–Kier alpha value is -0.350. The molecule has 1 fully saturated rings. The number of thiocarbonyl (C=S) groups is 1. The highest BCUT2D eigenvalue weighted by molar-refractivity contribution is 7.80.